The number of nitrogens with one attached hydrogen (secondary N) is 1. The van der Waals surface area contributed by atoms with Crippen molar-refractivity contribution >= 4 is 23.8 Å². The van der Waals surface area contributed by atoms with Crippen LogP contribution in [0.4, 0.5) is 10.6 Å². The van der Waals surface area contributed by atoms with Crippen molar-refractivity contribution in [2.75, 3.05) is 18.5 Å². The van der Waals surface area contributed by atoms with Gasteiger partial charge in [0, 0.05) is 12.0 Å². The van der Waals surface area contributed by atoms with E-state index < -0.39 is 24.5 Å². The van der Waals surface area contributed by atoms with Crippen molar-refractivity contribution in [1.29, 1.82) is 0 Å². The standard InChI is InChI=1S/C25H24N4O6/c30-21(31)13-29(15-7-1-2-8-15)24(32)22-23(28-35-27-22)26-25(33)34-14-20-18-11-5-3-9-16(18)17-10-4-6-12-19(17)20/h3-6,9-12,15,20H,1-2,7-8,13-14H2,(H,30,31)(H,26,28,33). The Balaban J connectivity index is 1.28. The number of carbonyl (C=O) groups is 3. The predicted molar refractivity (Wildman–Crippen MR) is 124 cm³/mol. The maximum Gasteiger partial charge on any atom is 0.412 e. The van der Waals surface area contributed by atoms with Crippen LogP contribution in [-0.4, -0.2) is 57.5 Å². The molecular weight excluding hydrogens is 452 g/mol. The Morgan fingerprint density at radius 3 is 2.26 bits per heavy atom. The molecule has 2 aliphatic rings. The number of carbonyl (C=O) groups excluding carboxylic acids is 2. The summed E-state index contributed by atoms with van der Waals surface area (Å²) in [5.74, 6) is -2.12. The van der Waals surface area contributed by atoms with Crippen molar-refractivity contribution in [1.82, 2.24) is 15.2 Å². The number of carboxylic acid groups (broad SMARTS) is 1. The number of nitrogens with zero attached hydrogens (tertiary/aromatic N) is 3. The molecule has 2 aromatic carbocycles. The number of carboxylic acids is 1. The molecule has 10 heteroatoms. The zero-order valence-electron chi connectivity index (χ0n) is 18.8. The third-order valence-electron chi connectivity index (χ3n) is 6.59. The van der Waals surface area contributed by atoms with E-state index in [1.807, 2.05) is 48.5 Å². The number of fused-ring (bicyclic) bond motifs is 3. The minimum atomic E-state index is -1.13. The second-order valence-corrected chi connectivity index (χ2v) is 8.68. The number of hydrogen-bond donors (Lipinski definition) is 2. The molecule has 180 valence electrons. The lowest BCUT2D eigenvalue weighted by molar-refractivity contribution is -0.138. The smallest absolute Gasteiger partial charge is 0.412 e. The number of anilines is 1. The van der Waals surface area contributed by atoms with Gasteiger partial charge in [0.25, 0.3) is 5.91 Å². The van der Waals surface area contributed by atoms with Crippen LogP contribution in [0.3, 0.4) is 0 Å². The van der Waals surface area contributed by atoms with Crippen molar-refractivity contribution in [3.05, 3.63) is 65.4 Å². The number of rotatable bonds is 7. The van der Waals surface area contributed by atoms with E-state index in [0.717, 1.165) is 35.1 Å². The molecule has 2 N–H and O–H groups in total. The maximum absolute atomic E-state index is 13.1. The maximum atomic E-state index is 13.1. The highest BCUT2D eigenvalue weighted by atomic mass is 16.6. The second-order valence-electron chi connectivity index (χ2n) is 8.68. The Bertz CT molecular complexity index is 1220. The summed E-state index contributed by atoms with van der Waals surface area (Å²) in [4.78, 5) is 38.3. The lowest BCUT2D eigenvalue weighted by Crippen LogP contribution is -2.42. The highest BCUT2D eigenvalue weighted by Gasteiger charge is 2.34. The van der Waals surface area contributed by atoms with E-state index in [-0.39, 0.29) is 30.1 Å². The lowest BCUT2D eigenvalue weighted by atomic mass is 9.98. The summed E-state index contributed by atoms with van der Waals surface area (Å²) in [6.07, 6.45) is 2.42. The minimum Gasteiger partial charge on any atom is -0.480 e. The van der Waals surface area contributed by atoms with Gasteiger partial charge in [-0.15, -0.1) is 0 Å². The van der Waals surface area contributed by atoms with Crippen molar-refractivity contribution in [3.8, 4) is 11.1 Å². The Kier molecular flexibility index (Phi) is 6.17. The Morgan fingerprint density at radius 1 is 1.00 bits per heavy atom. The largest absolute Gasteiger partial charge is 0.480 e. The Morgan fingerprint density at radius 2 is 1.63 bits per heavy atom. The van der Waals surface area contributed by atoms with Gasteiger partial charge >= 0.3 is 12.1 Å². The molecule has 10 nitrogen and oxygen atoms in total. The number of ether oxygens (including phenoxy) is 1. The van der Waals surface area contributed by atoms with Crippen molar-refractivity contribution in [2.45, 2.75) is 37.6 Å². The van der Waals surface area contributed by atoms with Crippen LogP contribution in [-0.2, 0) is 9.53 Å². The molecule has 0 unspecified atom stereocenters. The van der Waals surface area contributed by atoms with E-state index in [4.69, 9.17) is 9.37 Å². The molecule has 35 heavy (non-hydrogen) atoms. The summed E-state index contributed by atoms with van der Waals surface area (Å²) in [5.41, 5.74) is 4.10. The lowest BCUT2D eigenvalue weighted by Gasteiger charge is -2.26. The quantitative estimate of drug-likeness (QED) is 0.524. The third-order valence-corrected chi connectivity index (χ3v) is 6.59. The Hall–Kier alpha value is -4.21. The van der Waals surface area contributed by atoms with Gasteiger partial charge in [-0.25, -0.2) is 9.42 Å². The summed E-state index contributed by atoms with van der Waals surface area (Å²) < 4.78 is 10.2. The molecule has 3 aromatic rings. The van der Waals surface area contributed by atoms with Crippen LogP contribution < -0.4 is 5.32 Å². The first-order valence-electron chi connectivity index (χ1n) is 11.5. The van der Waals surface area contributed by atoms with Crippen LogP contribution in [0.15, 0.2) is 53.2 Å². The van der Waals surface area contributed by atoms with Crippen LogP contribution in [0, 0.1) is 0 Å². The number of hydrogen-bond acceptors (Lipinski definition) is 7. The normalized spacial score (nSPS) is 14.9. The van der Waals surface area contributed by atoms with Gasteiger partial charge in [0.1, 0.15) is 13.2 Å². The zero-order valence-corrected chi connectivity index (χ0v) is 18.8. The molecule has 2 amide bonds. The monoisotopic (exact) mass is 476 g/mol. The topological polar surface area (TPSA) is 135 Å². The molecule has 1 aromatic heterocycles. The Labute approximate surface area is 200 Å². The summed E-state index contributed by atoms with van der Waals surface area (Å²) in [5, 5.41) is 18.9. The first-order valence-corrected chi connectivity index (χ1v) is 11.5. The molecule has 1 saturated carbocycles. The van der Waals surface area contributed by atoms with Gasteiger partial charge in [0.05, 0.1) is 0 Å². The van der Waals surface area contributed by atoms with Crippen molar-refractivity contribution in [2.24, 2.45) is 0 Å². The molecule has 0 radical (unpaired) electrons. The van der Waals surface area contributed by atoms with E-state index in [1.54, 1.807) is 0 Å². The van der Waals surface area contributed by atoms with Crippen LogP contribution in [0.5, 0.6) is 0 Å². The number of amides is 2. The molecule has 1 heterocycles. The van der Waals surface area contributed by atoms with E-state index >= 15 is 0 Å². The number of benzene rings is 2. The van der Waals surface area contributed by atoms with E-state index in [2.05, 4.69) is 15.6 Å². The fraction of sp³-hybridized carbons (Fsp3) is 0.320. The number of aliphatic carboxylic acids is 1. The van der Waals surface area contributed by atoms with Crippen LogP contribution >= 0.6 is 0 Å². The first-order chi connectivity index (χ1) is 17.0. The van der Waals surface area contributed by atoms with Gasteiger partial charge in [0.15, 0.2) is 0 Å². The second kappa shape index (κ2) is 9.57. The SMILES string of the molecule is O=C(O)CN(C(=O)c1nonc1NC(=O)OCC1c2ccccc2-c2ccccc21)C1CCCC1. The van der Waals surface area contributed by atoms with Gasteiger partial charge in [-0.2, -0.15) is 0 Å². The molecule has 1 fully saturated rings. The van der Waals surface area contributed by atoms with Crippen LogP contribution in [0.1, 0.15) is 53.2 Å². The highest BCUT2D eigenvalue weighted by molar-refractivity contribution is 6.00. The molecule has 2 aliphatic carbocycles. The summed E-state index contributed by atoms with van der Waals surface area (Å²) >= 11 is 0. The van der Waals surface area contributed by atoms with Gasteiger partial charge in [-0.3, -0.25) is 14.9 Å². The molecular formula is C25H24N4O6. The summed E-state index contributed by atoms with van der Waals surface area (Å²) in [6.45, 7) is -0.387. The highest BCUT2D eigenvalue weighted by Crippen LogP contribution is 2.44. The first kappa shape index (κ1) is 22.6. The van der Waals surface area contributed by atoms with Crippen molar-refractivity contribution < 1.29 is 28.9 Å². The summed E-state index contributed by atoms with van der Waals surface area (Å²) in [7, 11) is 0. The third kappa shape index (κ3) is 4.46. The minimum absolute atomic E-state index is 0.0850. The molecule has 0 bridgehead atoms. The molecule has 0 spiro atoms. The van der Waals surface area contributed by atoms with E-state index in [1.165, 1.54) is 4.90 Å². The average molecular weight is 476 g/mol. The summed E-state index contributed by atoms with van der Waals surface area (Å²) in [6, 6.07) is 15.7. The zero-order chi connectivity index (χ0) is 24.4. The van der Waals surface area contributed by atoms with E-state index in [9.17, 15) is 19.5 Å². The predicted octanol–water partition coefficient (Wildman–Crippen LogP) is 3.90. The van der Waals surface area contributed by atoms with Crippen LogP contribution in [0.25, 0.3) is 11.1 Å². The fourth-order valence-corrected chi connectivity index (χ4v) is 5.01. The molecule has 0 aliphatic heterocycles. The van der Waals surface area contributed by atoms with Gasteiger partial charge < -0.3 is 14.7 Å². The molecule has 5 rings (SSSR count). The van der Waals surface area contributed by atoms with Gasteiger partial charge in [0.2, 0.25) is 11.5 Å². The average Bonchev–Trinajstić information content (AvgIpc) is 3.60. The van der Waals surface area contributed by atoms with Gasteiger partial charge in [-0.1, -0.05) is 61.4 Å². The van der Waals surface area contributed by atoms with E-state index in [0.29, 0.717) is 12.8 Å². The molecule has 0 atom stereocenters. The number of aromatic nitrogens is 2. The fourth-order valence-electron chi connectivity index (χ4n) is 5.01. The molecule has 0 saturated heterocycles. The van der Waals surface area contributed by atoms with Gasteiger partial charge in [-0.05, 0) is 45.4 Å². The van der Waals surface area contributed by atoms with Crippen molar-refractivity contribution in [3.63, 3.8) is 0 Å². The van der Waals surface area contributed by atoms with Crippen LogP contribution in [0.2, 0.25) is 0 Å².